The summed E-state index contributed by atoms with van der Waals surface area (Å²) in [5, 5.41) is 3.92. The number of esters is 1. The Morgan fingerprint density at radius 2 is 2.00 bits per heavy atom. The van der Waals surface area contributed by atoms with Gasteiger partial charge in [-0.3, -0.25) is 9.59 Å². The van der Waals surface area contributed by atoms with Gasteiger partial charge in [-0.05, 0) is 37.1 Å². The highest BCUT2D eigenvalue weighted by Crippen LogP contribution is 2.29. The number of hydrogen-bond acceptors (Lipinski definition) is 4. The second kappa shape index (κ2) is 8.16. The lowest BCUT2D eigenvalue weighted by atomic mass is 9.98. The van der Waals surface area contributed by atoms with Crippen molar-refractivity contribution in [2.45, 2.75) is 38.9 Å². The molecule has 0 aliphatic carbocycles. The molecule has 0 saturated carbocycles. The van der Waals surface area contributed by atoms with Gasteiger partial charge in [0.05, 0.1) is 24.6 Å². The number of halogens is 3. The van der Waals surface area contributed by atoms with E-state index in [1.165, 1.54) is 24.4 Å². The van der Waals surface area contributed by atoms with Gasteiger partial charge in [0.1, 0.15) is 0 Å². The fraction of sp³-hybridized carbons (Fsp3) is 0.389. The molecule has 0 radical (unpaired) electrons. The van der Waals surface area contributed by atoms with Crippen LogP contribution in [0.1, 0.15) is 42.9 Å². The van der Waals surface area contributed by atoms with Gasteiger partial charge < -0.3 is 4.74 Å². The van der Waals surface area contributed by atoms with Crippen LogP contribution >= 0.6 is 0 Å². The summed E-state index contributed by atoms with van der Waals surface area (Å²) in [6.45, 7) is 3.48. The molecular formula is C18H19F3N2O3. The molecule has 2 rings (SSSR count). The van der Waals surface area contributed by atoms with E-state index in [9.17, 15) is 22.8 Å². The fourth-order valence-corrected chi connectivity index (χ4v) is 2.62. The van der Waals surface area contributed by atoms with Crippen LogP contribution in [0.5, 0.6) is 0 Å². The summed E-state index contributed by atoms with van der Waals surface area (Å²) < 4.78 is 44.5. The van der Waals surface area contributed by atoms with E-state index in [0.29, 0.717) is 6.42 Å². The Labute approximate surface area is 148 Å². The zero-order valence-corrected chi connectivity index (χ0v) is 14.4. The van der Waals surface area contributed by atoms with Crippen LogP contribution < -0.4 is 5.56 Å². The van der Waals surface area contributed by atoms with E-state index in [4.69, 9.17) is 4.74 Å². The average Bonchev–Trinajstić information content (AvgIpc) is 2.58. The molecule has 140 valence electrons. The largest absolute Gasteiger partial charge is 0.466 e. The fourth-order valence-electron chi connectivity index (χ4n) is 2.62. The van der Waals surface area contributed by atoms with Gasteiger partial charge in [0.15, 0.2) is 0 Å². The Hall–Kier alpha value is -2.64. The summed E-state index contributed by atoms with van der Waals surface area (Å²) in [6.07, 6.45) is -2.75. The summed E-state index contributed by atoms with van der Waals surface area (Å²) >= 11 is 0. The van der Waals surface area contributed by atoms with Crippen LogP contribution in [0.15, 0.2) is 41.3 Å². The van der Waals surface area contributed by atoms with Crippen LogP contribution in [-0.4, -0.2) is 22.4 Å². The van der Waals surface area contributed by atoms with Crippen molar-refractivity contribution in [1.82, 2.24) is 9.78 Å². The number of carbonyl (C=O) groups excluding carboxylic acids is 1. The molecular weight excluding hydrogens is 349 g/mol. The Bertz CT molecular complexity index is 831. The highest BCUT2D eigenvalue weighted by atomic mass is 19.4. The first-order chi connectivity index (χ1) is 12.3. The Balaban J connectivity index is 2.35. The summed E-state index contributed by atoms with van der Waals surface area (Å²) in [7, 11) is 0. The van der Waals surface area contributed by atoms with E-state index in [-0.39, 0.29) is 24.3 Å². The van der Waals surface area contributed by atoms with E-state index < -0.39 is 29.2 Å². The van der Waals surface area contributed by atoms with Gasteiger partial charge in [-0.2, -0.15) is 18.3 Å². The van der Waals surface area contributed by atoms with Gasteiger partial charge in [-0.25, -0.2) is 4.68 Å². The maximum absolute atomic E-state index is 12.8. The maximum Gasteiger partial charge on any atom is 0.416 e. The molecule has 0 amide bonds. The highest BCUT2D eigenvalue weighted by molar-refractivity contribution is 5.77. The molecule has 0 spiro atoms. The number of rotatable bonds is 6. The summed E-state index contributed by atoms with van der Waals surface area (Å²) in [4.78, 5) is 24.7. The number of ether oxygens (including phenoxy) is 1. The third kappa shape index (κ3) is 4.50. The molecule has 5 nitrogen and oxygen atoms in total. The quantitative estimate of drug-likeness (QED) is 0.734. The van der Waals surface area contributed by atoms with Crippen molar-refractivity contribution in [2.75, 3.05) is 6.61 Å². The minimum atomic E-state index is -4.46. The first kappa shape index (κ1) is 19.7. The number of nitrogens with zero attached hydrogens (tertiary/aromatic N) is 2. The van der Waals surface area contributed by atoms with E-state index >= 15 is 0 Å². The summed E-state index contributed by atoms with van der Waals surface area (Å²) in [6, 6.07) is 6.14. The van der Waals surface area contributed by atoms with E-state index in [0.717, 1.165) is 16.8 Å². The monoisotopic (exact) mass is 368 g/mol. The lowest BCUT2D eigenvalue weighted by Crippen LogP contribution is -2.30. The SMILES string of the molecule is CCOC(=O)C(CC)c1ccnn(Cc2cccc(C(F)(F)F)c2)c1=O. The predicted octanol–water partition coefficient (Wildman–Crippen LogP) is 3.37. The first-order valence-corrected chi connectivity index (χ1v) is 8.16. The molecule has 1 atom stereocenters. The molecule has 8 heteroatoms. The third-order valence-corrected chi connectivity index (χ3v) is 3.88. The molecule has 1 unspecified atom stereocenters. The zero-order valence-electron chi connectivity index (χ0n) is 14.4. The van der Waals surface area contributed by atoms with Crippen molar-refractivity contribution < 1.29 is 22.7 Å². The normalized spacial score (nSPS) is 12.7. The molecule has 0 fully saturated rings. The Morgan fingerprint density at radius 1 is 1.27 bits per heavy atom. The van der Waals surface area contributed by atoms with E-state index in [1.807, 2.05) is 0 Å². The predicted molar refractivity (Wildman–Crippen MR) is 88.7 cm³/mol. The molecule has 26 heavy (non-hydrogen) atoms. The minimum Gasteiger partial charge on any atom is -0.466 e. The van der Waals surface area contributed by atoms with Crippen LogP contribution in [0.4, 0.5) is 13.2 Å². The van der Waals surface area contributed by atoms with Crippen molar-refractivity contribution in [2.24, 2.45) is 0 Å². The molecule has 0 aliphatic rings. The van der Waals surface area contributed by atoms with Gasteiger partial charge >= 0.3 is 12.1 Å². The number of carbonyl (C=O) groups is 1. The van der Waals surface area contributed by atoms with E-state index in [2.05, 4.69) is 5.10 Å². The standard InChI is InChI=1S/C18H19F3N2O3/c1-3-14(17(25)26-4-2)15-8-9-22-23(16(15)24)11-12-6-5-7-13(10-12)18(19,20)21/h5-10,14H,3-4,11H2,1-2H3. The Morgan fingerprint density at radius 3 is 2.62 bits per heavy atom. The number of hydrogen-bond donors (Lipinski definition) is 0. The topological polar surface area (TPSA) is 61.2 Å². The highest BCUT2D eigenvalue weighted by Gasteiger charge is 2.30. The van der Waals surface area contributed by atoms with Crippen molar-refractivity contribution in [1.29, 1.82) is 0 Å². The molecule has 0 N–H and O–H groups in total. The van der Waals surface area contributed by atoms with Gasteiger partial charge in [0.2, 0.25) is 0 Å². The second-order valence-electron chi connectivity index (χ2n) is 5.66. The second-order valence-corrected chi connectivity index (χ2v) is 5.66. The molecule has 0 aliphatic heterocycles. The molecule has 2 aromatic rings. The van der Waals surface area contributed by atoms with Crippen molar-refractivity contribution >= 4 is 5.97 Å². The van der Waals surface area contributed by atoms with Crippen molar-refractivity contribution in [3.63, 3.8) is 0 Å². The van der Waals surface area contributed by atoms with Gasteiger partial charge in [0.25, 0.3) is 5.56 Å². The number of alkyl halides is 3. The van der Waals surface area contributed by atoms with Crippen molar-refractivity contribution in [3.05, 3.63) is 63.6 Å². The van der Waals surface area contributed by atoms with E-state index in [1.54, 1.807) is 13.8 Å². The van der Waals surface area contributed by atoms with Crippen LogP contribution in [0, 0.1) is 0 Å². The minimum absolute atomic E-state index is 0.129. The zero-order chi connectivity index (χ0) is 19.3. The molecule has 1 heterocycles. The lowest BCUT2D eigenvalue weighted by Gasteiger charge is -2.15. The van der Waals surface area contributed by atoms with Gasteiger partial charge in [-0.15, -0.1) is 0 Å². The van der Waals surface area contributed by atoms with Crippen LogP contribution in [0.2, 0.25) is 0 Å². The van der Waals surface area contributed by atoms with Gasteiger partial charge in [-0.1, -0.05) is 19.1 Å². The summed E-state index contributed by atoms with van der Waals surface area (Å²) in [5.41, 5.74) is -0.814. The van der Waals surface area contributed by atoms with Crippen LogP contribution in [0.3, 0.4) is 0 Å². The summed E-state index contributed by atoms with van der Waals surface area (Å²) in [5.74, 6) is -1.25. The lowest BCUT2D eigenvalue weighted by molar-refractivity contribution is -0.145. The molecule has 1 aromatic carbocycles. The third-order valence-electron chi connectivity index (χ3n) is 3.88. The average molecular weight is 368 g/mol. The number of benzene rings is 1. The molecule has 0 bridgehead atoms. The van der Waals surface area contributed by atoms with Crippen LogP contribution in [0.25, 0.3) is 0 Å². The number of aromatic nitrogens is 2. The Kier molecular flexibility index (Phi) is 6.18. The molecule has 0 saturated heterocycles. The molecule has 1 aromatic heterocycles. The maximum atomic E-state index is 12.8. The van der Waals surface area contributed by atoms with Crippen LogP contribution in [-0.2, 0) is 22.3 Å². The van der Waals surface area contributed by atoms with Crippen molar-refractivity contribution in [3.8, 4) is 0 Å². The smallest absolute Gasteiger partial charge is 0.416 e. The van der Waals surface area contributed by atoms with Gasteiger partial charge in [0, 0.05) is 11.8 Å². The first-order valence-electron chi connectivity index (χ1n) is 8.16.